The van der Waals surface area contributed by atoms with Crippen molar-refractivity contribution < 1.29 is 34.2 Å². The van der Waals surface area contributed by atoms with E-state index in [2.05, 4.69) is 0 Å². The molecule has 1 aromatic rings. The van der Waals surface area contributed by atoms with Crippen LogP contribution in [0.15, 0.2) is 0 Å². The van der Waals surface area contributed by atoms with Crippen molar-refractivity contribution in [2.45, 2.75) is 12.5 Å². The molecule has 12 heteroatoms. The van der Waals surface area contributed by atoms with Crippen LogP contribution in [-0.4, -0.2) is 71.5 Å². The molecule has 0 saturated carbocycles. The van der Waals surface area contributed by atoms with Crippen LogP contribution in [0.5, 0.6) is 5.75 Å². The number of hydrogen-bond donors (Lipinski definition) is 7. The van der Waals surface area contributed by atoms with Gasteiger partial charge in [-0.15, -0.1) is 0 Å². The fraction of sp³-hybridized carbons (Fsp3) is 0.353. The van der Waals surface area contributed by atoms with Crippen molar-refractivity contribution in [2.75, 3.05) is 26.2 Å². The van der Waals surface area contributed by atoms with Gasteiger partial charge in [0.2, 0.25) is 0 Å². The first-order valence-electron chi connectivity index (χ1n) is 8.40. The van der Waals surface area contributed by atoms with Crippen LogP contribution in [0.1, 0.15) is 47.0 Å². The first-order chi connectivity index (χ1) is 13.6. The first kappa shape index (κ1) is 24.0. The molecule has 1 rings (SSSR count). The Morgan fingerprint density at radius 1 is 0.690 bits per heavy atom. The minimum absolute atomic E-state index is 0.336. The van der Waals surface area contributed by atoms with Gasteiger partial charge in [0.05, 0.1) is 37.3 Å². The van der Waals surface area contributed by atoms with Crippen molar-refractivity contribution >= 4 is 29.1 Å². The third-order valence-corrected chi connectivity index (χ3v) is 4.18. The summed E-state index contributed by atoms with van der Waals surface area (Å²) in [7, 11) is 0. The van der Waals surface area contributed by atoms with E-state index in [0.717, 1.165) is 0 Å². The Morgan fingerprint density at radius 2 is 1.00 bits per heavy atom. The van der Waals surface area contributed by atoms with E-state index < -0.39 is 95.7 Å². The van der Waals surface area contributed by atoms with Crippen LogP contribution in [0, 0.1) is 0 Å². The van der Waals surface area contributed by atoms with Gasteiger partial charge in [0.1, 0.15) is 11.8 Å². The number of rotatable bonds is 11. The smallest absolute Gasteiger partial charge is 0.320 e. The molecule has 0 unspecified atom stereocenters. The molecule has 0 aliphatic heterocycles. The highest BCUT2D eigenvalue weighted by molar-refractivity contribution is 6.20. The number of ketones is 4. The summed E-state index contributed by atoms with van der Waals surface area (Å²) < 4.78 is 0. The van der Waals surface area contributed by atoms with E-state index in [0.29, 0.717) is 0 Å². The van der Waals surface area contributed by atoms with Crippen molar-refractivity contribution in [1.82, 2.24) is 0 Å². The number of carboxylic acid groups (broad SMARTS) is 1. The number of phenols is 1. The standard InChI is InChI=1S/C17H23N5O7/c18-2-8(23)12-6(1-7(22)17(28)29)13(9(24)3-19)15(11(26)5-21)16(27)14(12)10(25)4-20/h7,27H,1-5,18-22H2,(H,28,29)/t7-/m0/s1. The highest BCUT2D eigenvalue weighted by Gasteiger charge is 2.35. The molecule has 12 nitrogen and oxygen atoms in total. The molecule has 0 fully saturated rings. The van der Waals surface area contributed by atoms with Gasteiger partial charge in [-0.3, -0.25) is 24.0 Å². The molecule has 29 heavy (non-hydrogen) atoms. The van der Waals surface area contributed by atoms with Crippen molar-refractivity contribution in [3.05, 3.63) is 27.8 Å². The summed E-state index contributed by atoms with van der Waals surface area (Å²) in [6.45, 7) is -2.63. The third-order valence-electron chi connectivity index (χ3n) is 4.18. The van der Waals surface area contributed by atoms with Crippen LogP contribution in [0.2, 0.25) is 0 Å². The van der Waals surface area contributed by atoms with Crippen molar-refractivity contribution in [1.29, 1.82) is 0 Å². The Labute approximate surface area is 165 Å². The summed E-state index contributed by atoms with van der Waals surface area (Å²) in [6.07, 6.45) is -0.631. The lowest BCUT2D eigenvalue weighted by Crippen LogP contribution is -2.36. The van der Waals surface area contributed by atoms with E-state index in [1.54, 1.807) is 0 Å². The van der Waals surface area contributed by atoms with Crippen molar-refractivity contribution in [3.8, 4) is 5.75 Å². The molecule has 0 aliphatic rings. The van der Waals surface area contributed by atoms with Gasteiger partial charge >= 0.3 is 5.97 Å². The molecular weight excluding hydrogens is 386 g/mol. The zero-order chi connectivity index (χ0) is 22.5. The molecule has 158 valence electrons. The lowest BCUT2D eigenvalue weighted by Gasteiger charge is -2.22. The average molecular weight is 409 g/mol. The van der Waals surface area contributed by atoms with Gasteiger partial charge in [0.25, 0.3) is 0 Å². The SMILES string of the molecule is NCC(=O)c1c(O)c(C(=O)CN)c(C(=O)CN)c(C[C@H](N)C(=O)O)c1C(=O)CN. The van der Waals surface area contributed by atoms with Gasteiger partial charge in [0.15, 0.2) is 23.1 Å². The summed E-state index contributed by atoms with van der Waals surface area (Å²) in [5.74, 6) is -6.14. The van der Waals surface area contributed by atoms with Crippen LogP contribution in [0.25, 0.3) is 0 Å². The quantitative estimate of drug-likeness (QED) is 0.179. The molecule has 0 aromatic heterocycles. The van der Waals surface area contributed by atoms with Crippen molar-refractivity contribution in [2.24, 2.45) is 28.7 Å². The predicted molar refractivity (Wildman–Crippen MR) is 101 cm³/mol. The molecule has 0 aliphatic carbocycles. The Hall–Kier alpha value is -3.03. The molecule has 1 aromatic carbocycles. The lowest BCUT2D eigenvalue weighted by molar-refractivity contribution is -0.138. The number of hydrogen-bond acceptors (Lipinski definition) is 11. The van der Waals surface area contributed by atoms with Crippen LogP contribution < -0.4 is 28.7 Å². The number of Topliss-reactive ketones (excluding diaryl/α,β-unsaturated/α-hetero) is 4. The molecule has 0 radical (unpaired) electrons. The fourth-order valence-corrected chi connectivity index (χ4v) is 2.87. The first-order valence-corrected chi connectivity index (χ1v) is 8.40. The maximum Gasteiger partial charge on any atom is 0.320 e. The van der Waals surface area contributed by atoms with E-state index in [4.69, 9.17) is 33.8 Å². The maximum atomic E-state index is 12.5. The molecule has 0 heterocycles. The fourth-order valence-electron chi connectivity index (χ4n) is 2.87. The second-order valence-electron chi connectivity index (χ2n) is 5.99. The minimum Gasteiger partial charge on any atom is -0.506 e. The number of carbonyl (C=O) groups is 5. The maximum absolute atomic E-state index is 12.5. The number of phenolic OH excluding ortho intramolecular Hbond substituents is 1. The number of benzene rings is 1. The molecule has 0 amide bonds. The largest absolute Gasteiger partial charge is 0.506 e. The highest BCUT2D eigenvalue weighted by Crippen LogP contribution is 2.35. The predicted octanol–water partition coefficient (Wildman–Crippen LogP) is -3.09. The highest BCUT2D eigenvalue weighted by atomic mass is 16.4. The number of aromatic hydroxyl groups is 1. The van der Waals surface area contributed by atoms with Gasteiger partial charge in [0, 0.05) is 11.1 Å². The zero-order valence-corrected chi connectivity index (χ0v) is 15.4. The van der Waals surface area contributed by atoms with Crippen LogP contribution in [0.4, 0.5) is 0 Å². The summed E-state index contributed by atoms with van der Waals surface area (Å²) in [5, 5.41) is 19.8. The van der Waals surface area contributed by atoms with E-state index >= 15 is 0 Å². The number of carbonyl (C=O) groups excluding carboxylic acids is 4. The normalized spacial score (nSPS) is 11.8. The number of aliphatic carboxylic acids is 1. The Morgan fingerprint density at radius 3 is 1.28 bits per heavy atom. The van der Waals surface area contributed by atoms with Gasteiger partial charge in [-0.1, -0.05) is 0 Å². The third kappa shape index (κ3) is 4.70. The van der Waals surface area contributed by atoms with Gasteiger partial charge in [-0.05, 0) is 12.0 Å². The van der Waals surface area contributed by atoms with Gasteiger partial charge in [-0.25, -0.2) is 0 Å². The molecule has 12 N–H and O–H groups in total. The summed E-state index contributed by atoms with van der Waals surface area (Å²) in [6, 6.07) is -1.62. The van der Waals surface area contributed by atoms with E-state index in [1.165, 1.54) is 0 Å². The monoisotopic (exact) mass is 409 g/mol. The number of carboxylic acids is 1. The Kier molecular flexibility index (Phi) is 8.24. The topological polar surface area (TPSA) is 256 Å². The summed E-state index contributed by atoms with van der Waals surface area (Å²) >= 11 is 0. The zero-order valence-electron chi connectivity index (χ0n) is 15.4. The molecular formula is C17H23N5O7. The van der Waals surface area contributed by atoms with Gasteiger partial charge < -0.3 is 38.9 Å². The Bertz CT molecular complexity index is 824. The Balaban J connectivity index is 4.26. The summed E-state index contributed by atoms with van der Waals surface area (Å²) in [4.78, 5) is 61.1. The lowest BCUT2D eigenvalue weighted by atomic mass is 9.81. The minimum atomic E-state index is -1.62. The molecule has 0 saturated heterocycles. The average Bonchev–Trinajstić information content (AvgIpc) is 2.71. The number of nitrogens with two attached hydrogens (primary N) is 5. The van der Waals surface area contributed by atoms with E-state index in [-0.39, 0.29) is 5.56 Å². The van der Waals surface area contributed by atoms with Crippen LogP contribution in [-0.2, 0) is 11.2 Å². The molecule has 0 spiro atoms. The van der Waals surface area contributed by atoms with Crippen molar-refractivity contribution in [3.63, 3.8) is 0 Å². The van der Waals surface area contributed by atoms with E-state index in [9.17, 15) is 29.1 Å². The molecule has 1 atom stereocenters. The second-order valence-corrected chi connectivity index (χ2v) is 5.99. The van der Waals surface area contributed by atoms with E-state index in [1.807, 2.05) is 0 Å². The van der Waals surface area contributed by atoms with Gasteiger partial charge in [-0.2, -0.15) is 0 Å². The summed E-state index contributed by atoms with van der Waals surface area (Å²) in [5.41, 5.74) is 24.3. The van der Waals surface area contributed by atoms with Crippen LogP contribution >= 0.6 is 0 Å². The molecule has 0 bridgehead atoms. The second kappa shape index (κ2) is 9.95. The van der Waals surface area contributed by atoms with Crippen LogP contribution in [0.3, 0.4) is 0 Å².